The van der Waals surface area contributed by atoms with Gasteiger partial charge in [0, 0.05) is 31.1 Å². The highest BCUT2D eigenvalue weighted by Gasteiger charge is 2.29. The summed E-state index contributed by atoms with van der Waals surface area (Å²) >= 11 is 0. The molecule has 6 rings (SSSR count). The van der Waals surface area contributed by atoms with Crippen molar-refractivity contribution < 1.29 is 17.9 Å². The number of fused-ring (bicyclic) bond motifs is 2. The first kappa shape index (κ1) is 22.6. The molecule has 1 saturated heterocycles. The number of rotatable bonds is 3. The van der Waals surface area contributed by atoms with Crippen LogP contribution in [0.3, 0.4) is 0 Å². The Bertz CT molecular complexity index is 1630. The third kappa shape index (κ3) is 3.99. The van der Waals surface area contributed by atoms with Gasteiger partial charge < -0.3 is 9.15 Å². The minimum absolute atomic E-state index is 0.0500. The molecule has 1 aliphatic heterocycles. The van der Waals surface area contributed by atoms with Crippen molar-refractivity contribution in [1.82, 2.24) is 24.9 Å². The van der Waals surface area contributed by atoms with Gasteiger partial charge in [0.05, 0.1) is 17.5 Å². The Balaban J connectivity index is 1.43. The minimum atomic E-state index is -0.707. The van der Waals surface area contributed by atoms with E-state index in [2.05, 4.69) is 15.0 Å². The molecule has 9 heteroatoms. The average molecular weight is 488 g/mol. The zero-order valence-electron chi connectivity index (χ0n) is 20.0. The van der Waals surface area contributed by atoms with E-state index in [1.165, 1.54) is 12.1 Å². The maximum atomic E-state index is 14.8. The highest BCUT2D eigenvalue weighted by Crippen LogP contribution is 2.38. The lowest BCUT2D eigenvalue weighted by Gasteiger charge is -2.29. The van der Waals surface area contributed by atoms with E-state index in [1.54, 1.807) is 0 Å². The molecule has 1 fully saturated rings. The van der Waals surface area contributed by atoms with Gasteiger partial charge in [-0.25, -0.2) is 33.7 Å². The molecule has 0 aliphatic carbocycles. The highest BCUT2D eigenvalue weighted by molar-refractivity contribution is 5.87. The fourth-order valence-corrected chi connectivity index (χ4v) is 4.70. The monoisotopic (exact) mass is 487 g/mol. The van der Waals surface area contributed by atoms with Crippen LogP contribution >= 0.6 is 0 Å². The van der Waals surface area contributed by atoms with E-state index in [9.17, 15) is 8.78 Å². The van der Waals surface area contributed by atoms with Crippen molar-refractivity contribution in [1.29, 1.82) is 0 Å². The van der Waals surface area contributed by atoms with Crippen LogP contribution in [0.15, 0.2) is 40.8 Å². The number of oxazole rings is 1. The van der Waals surface area contributed by atoms with Crippen LogP contribution in [-0.2, 0) is 4.74 Å². The van der Waals surface area contributed by atoms with Gasteiger partial charge in [-0.1, -0.05) is 6.07 Å². The summed E-state index contributed by atoms with van der Waals surface area (Å²) in [6.07, 6.45) is 1.15. The summed E-state index contributed by atoms with van der Waals surface area (Å²) in [5.74, 6) is -0.253. The second-order valence-electron chi connectivity index (χ2n) is 9.16. The predicted octanol–water partition coefficient (Wildman–Crippen LogP) is 6.07. The number of aryl methyl sites for hydroxylation is 3. The average Bonchev–Trinajstić information content (AvgIpc) is 3.24. The Labute approximate surface area is 205 Å². The van der Waals surface area contributed by atoms with Crippen LogP contribution in [-0.4, -0.2) is 31.5 Å². The molecule has 1 aliphatic rings. The zero-order valence-corrected chi connectivity index (χ0v) is 20.0. The number of halogens is 2. The molecule has 0 spiro atoms. The van der Waals surface area contributed by atoms with Crippen LogP contribution in [0.25, 0.3) is 33.5 Å². The number of hydrogen-bond donors (Lipinski definition) is 0. The normalized spacial score (nSPS) is 18.2. The molecule has 3 aromatic heterocycles. The van der Waals surface area contributed by atoms with E-state index >= 15 is 0 Å². The zero-order chi connectivity index (χ0) is 25.0. The summed E-state index contributed by atoms with van der Waals surface area (Å²) in [4.78, 5) is 23.1. The highest BCUT2D eigenvalue weighted by atomic mass is 19.1. The van der Waals surface area contributed by atoms with Crippen molar-refractivity contribution in [2.45, 2.75) is 45.6 Å². The summed E-state index contributed by atoms with van der Waals surface area (Å²) in [5, 5.41) is 0. The maximum absolute atomic E-state index is 14.8. The van der Waals surface area contributed by atoms with E-state index in [0.29, 0.717) is 59.3 Å². The van der Waals surface area contributed by atoms with Gasteiger partial charge in [0.15, 0.2) is 17.1 Å². The van der Waals surface area contributed by atoms with Crippen LogP contribution < -0.4 is 0 Å². The first-order valence-electron chi connectivity index (χ1n) is 11.8. The van der Waals surface area contributed by atoms with E-state index in [0.717, 1.165) is 22.8 Å². The summed E-state index contributed by atoms with van der Waals surface area (Å²) in [6.45, 7) is 6.02. The maximum Gasteiger partial charge on any atom is 0.192 e. The molecular formula is C27H23F2N5O2. The van der Waals surface area contributed by atoms with E-state index < -0.39 is 11.6 Å². The third-order valence-electron chi connectivity index (χ3n) is 6.69. The SMILES string of the molecule is Cc1nc2ccc(C3CC(c4nc(-c5ccc(F)cc5F)c5nc(C)c(C)nc5n4)CCO3)cc2o1. The Hall–Kier alpha value is -3.85. The van der Waals surface area contributed by atoms with Crippen molar-refractivity contribution in [2.24, 2.45) is 0 Å². The molecule has 36 heavy (non-hydrogen) atoms. The lowest BCUT2D eigenvalue weighted by Crippen LogP contribution is -2.21. The first-order chi connectivity index (χ1) is 17.4. The van der Waals surface area contributed by atoms with Gasteiger partial charge in [0.2, 0.25) is 0 Å². The number of benzene rings is 2. The van der Waals surface area contributed by atoms with Crippen LogP contribution in [0.2, 0.25) is 0 Å². The van der Waals surface area contributed by atoms with Crippen molar-refractivity contribution in [3.05, 3.63) is 76.7 Å². The molecule has 5 aromatic rings. The Morgan fingerprint density at radius 3 is 2.56 bits per heavy atom. The minimum Gasteiger partial charge on any atom is -0.441 e. The molecule has 2 unspecified atom stereocenters. The Morgan fingerprint density at radius 1 is 0.889 bits per heavy atom. The molecule has 7 nitrogen and oxygen atoms in total. The fraction of sp³-hybridized carbons (Fsp3) is 0.296. The molecule has 4 heterocycles. The predicted molar refractivity (Wildman–Crippen MR) is 129 cm³/mol. The summed E-state index contributed by atoms with van der Waals surface area (Å²) in [5.41, 5.74) is 5.20. The molecule has 0 bridgehead atoms. The second kappa shape index (κ2) is 8.67. The lowest BCUT2D eigenvalue weighted by molar-refractivity contribution is 0.00405. The molecule has 2 aromatic carbocycles. The standard InChI is InChI=1S/C27H23F2N5O2/c1-13-14(2)31-27-25(30-13)24(19-6-5-18(28)12-20(19)29)33-26(34-27)17-8-9-35-22(11-17)16-4-7-21-23(10-16)36-15(3)32-21/h4-7,10,12,17,22H,8-9,11H2,1-3H3. The van der Waals surface area contributed by atoms with Gasteiger partial charge in [-0.2, -0.15) is 0 Å². The van der Waals surface area contributed by atoms with Crippen molar-refractivity contribution in [2.75, 3.05) is 6.61 Å². The second-order valence-corrected chi connectivity index (χ2v) is 9.16. The lowest BCUT2D eigenvalue weighted by atomic mass is 9.91. The van der Waals surface area contributed by atoms with Gasteiger partial charge >= 0.3 is 0 Å². The van der Waals surface area contributed by atoms with Crippen LogP contribution in [0.4, 0.5) is 8.78 Å². The van der Waals surface area contributed by atoms with Gasteiger partial charge in [-0.3, -0.25) is 0 Å². The molecule has 0 N–H and O–H groups in total. The molecule has 2 atom stereocenters. The number of hydrogen-bond acceptors (Lipinski definition) is 7. The van der Waals surface area contributed by atoms with Gasteiger partial charge in [0.25, 0.3) is 0 Å². The van der Waals surface area contributed by atoms with Gasteiger partial charge in [0.1, 0.15) is 34.2 Å². The van der Waals surface area contributed by atoms with Crippen LogP contribution in [0.1, 0.15) is 53.5 Å². The van der Waals surface area contributed by atoms with Crippen molar-refractivity contribution in [3.8, 4) is 11.3 Å². The molecule has 0 saturated carbocycles. The summed E-state index contributed by atoms with van der Waals surface area (Å²) in [6, 6.07) is 9.33. The summed E-state index contributed by atoms with van der Waals surface area (Å²) < 4.78 is 40.3. The van der Waals surface area contributed by atoms with Crippen molar-refractivity contribution in [3.63, 3.8) is 0 Å². The van der Waals surface area contributed by atoms with E-state index in [1.807, 2.05) is 39.0 Å². The Morgan fingerprint density at radius 2 is 1.72 bits per heavy atom. The largest absolute Gasteiger partial charge is 0.441 e. The third-order valence-corrected chi connectivity index (χ3v) is 6.69. The summed E-state index contributed by atoms with van der Waals surface area (Å²) in [7, 11) is 0. The van der Waals surface area contributed by atoms with Crippen LogP contribution in [0, 0.1) is 32.4 Å². The molecule has 182 valence electrons. The first-order valence-corrected chi connectivity index (χ1v) is 11.8. The van der Waals surface area contributed by atoms with Crippen LogP contribution in [0.5, 0.6) is 0 Å². The number of nitrogens with zero attached hydrogens (tertiary/aromatic N) is 5. The van der Waals surface area contributed by atoms with Gasteiger partial charge in [-0.15, -0.1) is 0 Å². The smallest absolute Gasteiger partial charge is 0.192 e. The number of ether oxygens (including phenoxy) is 1. The van der Waals surface area contributed by atoms with Gasteiger partial charge in [-0.05, 0) is 56.5 Å². The topological polar surface area (TPSA) is 86.8 Å². The van der Waals surface area contributed by atoms with E-state index in [-0.39, 0.29) is 17.6 Å². The van der Waals surface area contributed by atoms with Crippen molar-refractivity contribution >= 4 is 22.3 Å². The quantitative estimate of drug-likeness (QED) is 0.305. The molecule has 0 amide bonds. The molecule has 0 radical (unpaired) electrons. The van der Waals surface area contributed by atoms with E-state index in [4.69, 9.17) is 19.1 Å². The molecular weight excluding hydrogens is 464 g/mol. The Kier molecular flexibility index (Phi) is 5.44. The fourth-order valence-electron chi connectivity index (χ4n) is 4.70. The number of aromatic nitrogens is 5.